The van der Waals surface area contributed by atoms with Crippen molar-refractivity contribution in [2.75, 3.05) is 19.1 Å². The van der Waals surface area contributed by atoms with E-state index in [9.17, 15) is 9.00 Å². The molecule has 0 aromatic carbocycles. The Morgan fingerprint density at radius 3 is 2.77 bits per heavy atom. The molecule has 1 heterocycles. The van der Waals surface area contributed by atoms with Crippen LogP contribution in [0.2, 0.25) is 0 Å². The van der Waals surface area contributed by atoms with E-state index in [1.807, 2.05) is 0 Å². The van der Waals surface area contributed by atoms with Gasteiger partial charge in [-0.15, -0.1) is 4.36 Å². The normalized spacial score (nSPS) is 29.5. The molecule has 0 aromatic rings. The van der Waals surface area contributed by atoms with Gasteiger partial charge in [-0.2, -0.15) is 10.1 Å². The maximum absolute atomic E-state index is 11.4. The molecule has 1 rings (SSSR count). The second-order valence-corrected chi connectivity index (χ2v) is 5.04. The number of urea groups is 1. The third kappa shape index (κ3) is 2.11. The van der Waals surface area contributed by atoms with Gasteiger partial charge in [0.1, 0.15) is 0 Å². The van der Waals surface area contributed by atoms with Gasteiger partial charge in [0.15, 0.2) is 0 Å². The Bertz CT molecular complexity index is 391. The molecule has 1 aliphatic heterocycles. The summed E-state index contributed by atoms with van der Waals surface area (Å²) in [5.41, 5.74) is 0.359. The van der Waals surface area contributed by atoms with Crippen molar-refractivity contribution in [3.63, 3.8) is 0 Å². The number of amides is 2. The standard InChI is InChI=1S/C6H10N4O2S/c1-5-4-13(3,12)8-6(11)10(5)9-7-2/h1,4H2,2-3H3. The number of rotatable bonds is 1. The van der Waals surface area contributed by atoms with Gasteiger partial charge in [-0.05, 0) is 0 Å². The minimum absolute atomic E-state index is 0.151. The van der Waals surface area contributed by atoms with Gasteiger partial charge < -0.3 is 0 Å². The number of carbonyl (C=O) groups excluding carboxylic acids is 1. The highest BCUT2D eigenvalue weighted by Gasteiger charge is 2.25. The van der Waals surface area contributed by atoms with Gasteiger partial charge in [0.25, 0.3) is 0 Å². The van der Waals surface area contributed by atoms with E-state index in [-0.39, 0.29) is 5.75 Å². The Balaban J connectivity index is 3.10. The average molecular weight is 202 g/mol. The fourth-order valence-corrected chi connectivity index (χ4v) is 2.15. The highest BCUT2D eigenvalue weighted by atomic mass is 32.2. The molecule has 0 aliphatic carbocycles. The van der Waals surface area contributed by atoms with Crippen molar-refractivity contribution >= 4 is 15.8 Å². The van der Waals surface area contributed by atoms with E-state index in [0.717, 1.165) is 5.01 Å². The minimum Gasteiger partial charge on any atom is -0.249 e. The van der Waals surface area contributed by atoms with E-state index in [1.165, 1.54) is 13.3 Å². The van der Waals surface area contributed by atoms with Crippen LogP contribution in [0.3, 0.4) is 0 Å². The van der Waals surface area contributed by atoms with Crippen molar-refractivity contribution in [2.45, 2.75) is 0 Å². The van der Waals surface area contributed by atoms with E-state index >= 15 is 0 Å². The predicted octanol–water partition coefficient (Wildman–Crippen LogP) is 1.03. The molecular weight excluding hydrogens is 192 g/mol. The molecule has 2 amide bonds. The van der Waals surface area contributed by atoms with Crippen molar-refractivity contribution in [3.05, 3.63) is 12.3 Å². The largest absolute Gasteiger partial charge is 0.377 e. The first-order valence-electron chi connectivity index (χ1n) is 3.48. The molecule has 1 unspecified atom stereocenters. The van der Waals surface area contributed by atoms with Crippen LogP contribution in [0.25, 0.3) is 0 Å². The van der Waals surface area contributed by atoms with Crippen LogP contribution in [-0.4, -0.2) is 34.3 Å². The van der Waals surface area contributed by atoms with Crippen molar-refractivity contribution in [3.8, 4) is 0 Å². The monoisotopic (exact) mass is 202 g/mol. The van der Waals surface area contributed by atoms with Gasteiger partial charge >= 0.3 is 6.03 Å². The van der Waals surface area contributed by atoms with Crippen LogP contribution in [-0.2, 0) is 9.73 Å². The zero-order valence-electron chi connectivity index (χ0n) is 7.43. The number of hydrogen-bond donors (Lipinski definition) is 0. The topological polar surface area (TPSA) is 74.5 Å². The first-order chi connectivity index (χ1) is 5.96. The summed E-state index contributed by atoms with van der Waals surface area (Å²) in [5.74, 6) is 0.151. The highest BCUT2D eigenvalue weighted by Crippen LogP contribution is 2.15. The Labute approximate surface area is 76.5 Å². The maximum Gasteiger partial charge on any atom is 0.377 e. The third-order valence-electron chi connectivity index (χ3n) is 1.37. The summed E-state index contributed by atoms with van der Waals surface area (Å²) in [6.07, 6.45) is 1.41. The fraction of sp³-hybridized carbons (Fsp3) is 0.500. The zero-order chi connectivity index (χ0) is 10.1. The third-order valence-corrected chi connectivity index (χ3v) is 2.78. The molecule has 0 radical (unpaired) electrons. The molecule has 7 heteroatoms. The molecule has 0 N–H and O–H groups in total. The van der Waals surface area contributed by atoms with Crippen molar-refractivity contribution in [1.82, 2.24) is 5.01 Å². The molecule has 1 atom stereocenters. The SMILES string of the molecule is C=C1CS(C)(=O)=NC(=O)N1N=NC. The van der Waals surface area contributed by atoms with E-state index < -0.39 is 15.8 Å². The average Bonchev–Trinajstić information content (AvgIpc) is 1.94. The second kappa shape index (κ2) is 3.25. The van der Waals surface area contributed by atoms with E-state index in [2.05, 4.69) is 21.3 Å². The van der Waals surface area contributed by atoms with Gasteiger partial charge in [0.2, 0.25) is 0 Å². The summed E-state index contributed by atoms with van der Waals surface area (Å²) >= 11 is 0. The molecule has 0 spiro atoms. The van der Waals surface area contributed by atoms with Gasteiger partial charge in [-0.25, -0.2) is 9.00 Å². The van der Waals surface area contributed by atoms with E-state index in [4.69, 9.17) is 0 Å². The molecule has 13 heavy (non-hydrogen) atoms. The fourth-order valence-electron chi connectivity index (χ4n) is 0.933. The molecule has 0 aromatic heterocycles. The molecule has 0 bridgehead atoms. The van der Waals surface area contributed by atoms with Gasteiger partial charge in [-0.3, -0.25) is 0 Å². The van der Waals surface area contributed by atoms with Crippen LogP contribution >= 0.6 is 0 Å². The van der Waals surface area contributed by atoms with Crippen molar-refractivity contribution in [1.29, 1.82) is 0 Å². The van der Waals surface area contributed by atoms with E-state index in [1.54, 1.807) is 0 Å². The summed E-state index contributed by atoms with van der Waals surface area (Å²) in [6, 6.07) is -0.672. The first-order valence-corrected chi connectivity index (χ1v) is 5.57. The summed E-state index contributed by atoms with van der Waals surface area (Å²) in [5, 5.41) is 7.88. The summed E-state index contributed by atoms with van der Waals surface area (Å²) < 4.78 is 14.9. The summed E-state index contributed by atoms with van der Waals surface area (Å²) in [4.78, 5) is 11.2. The lowest BCUT2D eigenvalue weighted by atomic mass is 10.5. The molecule has 6 nitrogen and oxygen atoms in total. The molecule has 0 saturated carbocycles. The van der Waals surface area contributed by atoms with Crippen LogP contribution in [0.15, 0.2) is 27.0 Å². The number of carbonyl (C=O) groups is 1. The molecule has 0 saturated heterocycles. The van der Waals surface area contributed by atoms with Crippen LogP contribution in [0, 0.1) is 0 Å². The first kappa shape index (κ1) is 9.85. The Morgan fingerprint density at radius 2 is 2.31 bits per heavy atom. The van der Waals surface area contributed by atoms with Crippen molar-refractivity contribution < 1.29 is 9.00 Å². The predicted molar refractivity (Wildman–Crippen MR) is 48.5 cm³/mol. The quantitative estimate of drug-likeness (QED) is 0.595. The van der Waals surface area contributed by atoms with Crippen LogP contribution in [0.5, 0.6) is 0 Å². The lowest BCUT2D eigenvalue weighted by molar-refractivity contribution is 0.219. The molecule has 1 aliphatic rings. The molecular formula is C6H10N4O2S. The lowest BCUT2D eigenvalue weighted by Gasteiger charge is -2.20. The lowest BCUT2D eigenvalue weighted by Crippen LogP contribution is -2.31. The highest BCUT2D eigenvalue weighted by molar-refractivity contribution is 7.93. The van der Waals surface area contributed by atoms with Crippen LogP contribution in [0.4, 0.5) is 4.79 Å². The number of hydrogen-bond acceptors (Lipinski definition) is 4. The zero-order valence-corrected chi connectivity index (χ0v) is 8.24. The van der Waals surface area contributed by atoms with Gasteiger partial charge in [0.05, 0.1) is 28.2 Å². The minimum atomic E-state index is -2.45. The molecule has 0 fully saturated rings. The van der Waals surface area contributed by atoms with Crippen molar-refractivity contribution in [2.24, 2.45) is 14.7 Å². The Kier molecular flexibility index (Phi) is 2.46. The molecule has 72 valence electrons. The van der Waals surface area contributed by atoms with Gasteiger partial charge in [-0.1, -0.05) is 11.8 Å². The van der Waals surface area contributed by atoms with Crippen LogP contribution in [0.1, 0.15) is 0 Å². The Hall–Kier alpha value is -1.24. The van der Waals surface area contributed by atoms with Crippen LogP contribution < -0.4 is 0 Å². The summed E-state index contributed by atoms with van der Waals surface area (Å²) in [6.45, 7) is 3.57. The maximum atomic E-state index is 11.4. The summed E-state index contributed by atoms with van der Waals surface area (Å²) in [7, 11) is -1.02. The van der Waals surface area contributed by atoms with E-state index in [0.29, 0.717) is 5.70 Å². The Morgan fingerprint density at radius 1 is 1.69 bits per heavy atom. The smallest absolute Gasteiger partial charge is 0.249 e. The second-order valence-electron chi connectivity index (χ2n) is 2.65. The van der Waals surface area contributed by atoms with Gasteiger partial charge in [0, 0.05) is 6.26 Å². The number of nitrogens with zero attached hydrogens (tertiary/aromatic N) is 4.